The number of aliphatic imine (C=N–C) groups is 1. The van der Waals surface area contributed by atoms with E-state index in [1.807, 2.05) is 36.6 Å². The van der Waals surface area contributed by atoms with Crippen molar-refractivity contribution >= 4 is 41.3 Å². The van der Waals surface area contributed by atoms with E-state index in [2.05, 4.69) is 15.6 Å². The van der Waals surface area contributed by atoms with E-state index in [-0.39, 0.29) is 24.0 Å². The van der Waals surface area contributed by atoms with Gasteiger partial charge in [-0.1, -0.05) is 6.07 Å². The Morgan fingerprint density at radius 1 is 1.36 bits per heavy atom. The molecule has 0 aliphatic heterocycles. The van der Waals surface area contributed by atoms with Gasteiger partial charge in [-0.25, -0.2) is 4.99 Å². The maximum Gasteiger partial charge on any atom is 0.191 e. The largest absolute Gasteiger partial charge is 0.467 e. The van der Waals surface area contributed by atoms with E-state index < -0.39 is 5.60 Å². The summed E-state index contributed by atoms with van der Waals surface area (Å²) in [6.07, 6.45) is 1.63. The van der Waals surface area contributed by atoms with Crippen molar-refractivity contribution < 1.29 is 9.52 Å². The minimum atomic E-state index is -0.922. The lowest BCUT2D eigenvalue weighted by molar-refractivity contribution is 0.0655. The van der Waals surface area contributed by atoms with Gasteiger partial charge < -0.3 is 20.2 Å². The number of halogens is 1. The fourth-order valence-corrected chi connectivity index (χ4v) is 2.62. The summed E-state index contributed by atoms with van der Waals surface area (Å²) in [7, 11) is 0. The molecule has 0 aliphatic rings. The number of guanidine groups is 1. The van der Waals surface area contributed by atoms with Gasteiger partial charge in [-0.3, -0.25) is 0 Å². The third-order valence-corrected chi connectivity index (χ3v) is 4.09. The molecule has 0 bridgehead atoms. The van der Waals surface area contributed by atoms with Crippen LogP contribution in [-0.2, 0) is 12.1 Å². The van der Waals surface area contributed by atoms with Crippen LogP contribution in [0.1, 0.15) is 24.5 Å². The summed E-state index contributed by atoms with van der Waals surface area (Å²) >= 11 is 1.54. The first-order valence-electron chi connectivity index (χ1n) is 6.93. The van der Waals surface area contributed by atoms with Crippen LogP contribution in [-0.4, -0.2) is 24.2 Å². The quantitative estimate of drug-likeness (QED) is 0.371. The topological polar surface area (TPSA) is 69.8 Å². The number of nitrogens with one attached hydrogen (secondary N) is 2. The molecule has 2 rings (SSSR count). The maximum atomic E-state index is 10.5. The molecule has 122 valence electrons. The molecular formula is C15H22IN3O2S. The van der Waals surface area contributed by atoms with E-state index in [4.69, 9.17) is 4.42 Å². The summed E-state index contributed by atoms with van der Waals surface area (Å²) < 4.78 is 5.26. The minimum Gasteiger partial charge on any atom is -0.467 e. The fraction of sp³-hybridized carbons (Fsp3) is 0.400. The van der Waals surface area contributed by atoms with Gasteiger partial charge >= 0.3 is 0 Å². The highest BCUT2D eigenvalue weighted by atomic mass is 127. The number of aliphatic hydroxyl groups is 1. The summed E-state index contributed by atoms with van der Waals surface area (Å²) in [5.41, 5.74) is -0.922. The van der Waals surface area contributed by atoms with Crippen LogP contribution < -0.4 is 10.6 Å². The highest BCUT2D eigenvalue weighted by Crippen LogP contribution is 2.24. The molecule has 0 aromatic carbocycles. The van der Waals surface area contributed by atoms with Crippen LogP contribution in [0.5, 0.6) is 0 Å². The van der Waals surface area contributed by atoms with E-state index >= 15 is 0 Å². The van der Waals surface area contributed by atoms with Gasteiger partial charge in [0.2, 0.25) is 0 Å². The lowest BCUT2D eigenvalue weighted by atomic mass is 10.1. The smallest absolute Gasteiger partial charge is 0.191 e. The SMILES string of the molecule is CCNC(=NCc1ccco1)NCC(C)(O)c1cccs1.I. The third-order valence-electron chi connectivity index (χ3n) is 2.97. The van der Waals surface area contributed by atoms with Crippen LogP contribution in [0.3, 0.4) is 0 Å². The van der Waals surface area contributed by atoms with Crippen molar-refractivity contribution in [1.82, 2.24) is 10.6 Å². The molecule has 3 N–H and O–H groups in total. The molecular weight excluding hydrogens is 413 g/mol. The summed E-state index contributed by atoms with van der Waals surface area (Å²) in [5.74, 6) is 1.46. The number of hydrogen-bond acceptors (Lipinski definition) is 4. The molecule has 5 nitrogen and oxygen atoms in total. The van der Waals surface area contributed by atoms with Gasteiger partial charge in [0.05, 0.1) is 12.8 Å². The molecule has 2 aromatic rings. The molecule has 0 amide bonds. The van der Waals surface area contributed by atoms with Crippen LogP contribution in [0.4, 0.5) is 0 Å². The molecule has 0 saturated heterocycles. The van der Waals surface area contributed by atoms with E-state index in [0.717, 1.165) is 17.2 Å². The molecule has 2 heterocycles. The summed E-state index contributed by atoms with van der Waals surface area (Å²) in [6.45, 7) is 5.40. The fourth-order valence-electron chi connectivity index (χ4n) is 1.83. The first-order valence-corrected chi connectivity index (χ1v) is 7.80. The van der Waals surface area contributed by atoms with Gasteiger partial charge in [0, 0.05) is 11.4 Å². The van der Waals surface area contributed by atoms with Crippen molar-refractivity contribution in [1.29, 1.82) is 0 Å². The van der Waals surface area contributed by atoms with Gasteiger partial charge in [-0.05, 0) is 37.4 Å². The van der Waals surface area contributed by atoms with Crippen LogP contribution in [0.2, 0.25) is 0 Å². The average molecular weight is 435 g/mol. The normalized spacial score (nSPS) is 14.0. The standard InChI is InChI=1S/C15H21N3O2S.HI/c1-3-16-14(17-10-12-6-4-8-20-12)18-11-15(2,19)13-7-5-9-21-13;/h4-9,19H,3,10-11H2,1-2H3,(H2,16,17,18);1H. The first-order chi connectivity index (χ1) is 10.1. The van der Waals surface area contributed by atoms with Gasteiger partial charge in [-0.2, -0.15) is 0 Å². The second-order valence-corrected chi connectivity index (χ2v) is 5.83. The predicted molar refractivity (Wildman–Crippen MR) is 101 cm³/mol. The Kier molecular flexibility index (Phi) is 7.91. The van der Waals surface area contributed by atoms with E-state index in [1.54, 1.807) is 24.5 Å². The van der Waals surface area contributed by atoms with Crippen molar-refractivity contribution in [3.05, 3.63) is 46.5 Å². The number of thiophene rings is 1. The number of furan rings is 1. The Labute approximate surface area is 151 Å². The number of nitrogens with zero attached hydrogens (tertiary/aromatic N) is 1. The van der Waals surface area contributed by atoms with Crippen molar-refractivity contribution in [2.75, 3.05) is 13.1 Å². The summed E-state index contributed by atoms with van der Waals surface area (Å²) in [4.78, 5) is 5.36. The Morgan fingerprint density at radius 3 is 2.77 bits per heavy atom. The molecule has 22 heavy (non-hydrogen) atoms. The Balaban J connectivity index is 0.00000242. The molecule has 0 aliphatic carbocycles. The third kappa shape index (κ3) is 5.62. The predicted octanol–water partition coefficient (Wildman–Crippen LogP) is 2.92. The van der Waals surface area contributed by atoms with E-state index in [1.165, 1.54) is 0 Å². The first kappa shape index (κ1) is 19.0. The number of hydrogen-bond donors (Lipinski definition) is 3. The summed E-state index contributed by atoms with van der Waals surface area (Å²) in [6, 6.07) is 7.59. The van der Waals surface area contributed by atoms with Crippen molar-refractivity contribution in [3.8, 4) is 0 Å². The highest BCUT2D eigenvalue weighted by Gasteiger charge is 2.24. The molecule has 0 saturated carbocycles. The molecule has 1 atom stereocenters. The Hall–Kier alpha value is -1.06. The van der Waals surface area contributed by atoms with Crippen molar-refractivity contribution in [2.24, 2.45) is 4.99 Å². The van der Waals surface area contributed by atoms with Gasteiger partial charge in [0.25, 0.3) is 0 Å². The van der Waals surface area contributed by atoms with Crippen LogP contribution in [0.15, 0.2) is 45.3 Å². The second-order valence-electron chi connectivity index (χ2n) is 4.88. The minimum absolute atomic E-state index is 0. The molecule has 2 aromatic heterocycles. The van der Waals surface area contributed by atoms with Crippen LogP contribution in [0.25, 0.3) is 0 Å². The lowest BCUT2D eigenvalue weighted by Gasteiger charge is -2.23. The van der Waals surface area contributed by atoms with Crippen LogP contribution in [0, 0.1) is 0 Å². The number of rotatable bonds is 6. The summed E-state index contributed by atoms with van der Waals surface area (Å²) in [5, 5.41) is 18.8. The molecule has 1 unspecified atom stereocenters. The Morgan fingerprint density at radius 2 is 2.18 bits per heavy atom. The van der Waals surface area contributed by atoms with Crippen LogP contribution >= 0.6 is 35.3 Å². The molecule has 0 spiro atoms. The van der Waals surface area contributed by atoms with Crippen molar-refractivity contribution in [3.63, 3.8) is 0 Å². The second kappa shape index (κ2) is 9.16. The van der Waals surface area contributed by atoms with Gasteiger partial charge in [-0.15, -0.1) is 35.3 Å². The monoisotopic (exact) mass is 435 g/mol. The zero-order valence-electron chi connectivity index (χ0n) is 12.7. The average Bonchev–Trinajstić information content (AvgIpc) is 3.14. The van der Waals surface area contributed by atoms with Gasteiger partial charge in [0.15, 0.2) is 5.96 Å². The zero-order valence-corrected chi connectivity index (χ0v) is 15.9. The molecule has 0 fully saturated rings. The van der Waals surface area contributed by atoms with Crippen molar-refractivity contribution in [2.45, 2.75) is 26.0 Å². The lowest BCUT2D eigenvalue weighted by Crippen LogP contribution is -2.44. The Bertz CT molecular complexity index is 553. The maximum absolute atomic E-state index is 10.5. The van der Waals surface area contributed by atoms with E-state index in [9.17, 15) is 5.11 Å². The zero-order chi connectivity index (χ0) is 15.1. The highest BCUT2D eigenvalue weighted by molar-refractivity contribution is 14.0. The molecule has 7 heteroatoms. The molecule has 0 radical (unpaired) electrons. The van der Waals surface area contributed by atoms with Gasteiger partial charge in [0.1, 0.15) is 17.9 Å². The van der Waals surface area contributed by atoms with E-state index in [0.29, 0.717) is 19.0 Å².